The van der Waals surface area contributed by atoms with Crippen LogP contribution in [0, 0.1) is 5.92 Å². The van der Waals surface area contributed by atoms with Gasteiger partial charge in [-0.05, 0) is 36.0 Å². The van der Waals surface area contributed by atoms with Crippen molar-refractivity contribution in [3.63, 3.8) is 0 Å². The second kappa shape index (κ2) is 4.05. The topological polar surface area (TPSA) is 28.7 Å². The fourth-order valence-electron chi connectivity index (χ4n) is 1.98. The van der Waals surface area contributed by atoms with E-state index in [9.17, 15) is 0 Å². The Kier molecular flexibility index (Phi) is 2.76. The summed E-state index contributed by atoms with van der Waals surface area (Å²) in [6.45, 7) is 6.65. The molecule has 0 unspecified atom stereocenters. The maximum atomic E-state index is 4.45. The Balaban J connectivity index is 2.43. The smallest absolute Gasteiger partial charge is 0.137 e. The fourth-order valence-corrected chi connectivity index (χ4v) is 1.98. The van der Waals surface area contributed by atoms with Gasteiger partial charge in [0.1, 0.15) is 5.65 Å². The lowest BCUT2D eigenvalue weighted by Gasteiger charge is -2.04. The number of aromatic amines is 1. The van der Waals surface area contributed by atoms with Crippen molar-refractivity contribution in [2.24, 2.45) is 5.92 Å². The molecule has 2 rings (SSSR count). The number of nitrogens with one attached hydrogen (secondary N) is 1. The Labute approximate surface area is 90.7 Å². The van der Waals surface area contributed by atoms with E-state index in [2.05, 4.69) is 43.0 Å². The van der Waals surface area contributed by atoms with E-state index in [1.165, 1.54) is 16.5 Å². The van der Waals surface area contributed by atoms with Crippen molar-refractivity contribution in [1.29, 1.82) is 0 Å². The van der Waals surface area contributed by atoms with Gasteiger partial charge in [0.15, 0.2) is 0 Å². The number of nitrogens with zero attached hydrogens (tertiary/aromatic N) is 1. The minimum atomic E-state index is 0.688. The molecule has 0 saturated heterocycles. The van der Waals surface area contributed by atoms with E-state index in [4.69, 9.17) is 0 Å². The second-order valence-corrected chi connectivity index (χ2v) is 4.51. The highest BCUT2D eigenvalue weighted by Crippen LogP contribution is 2.19. The van der Waals surface area contributed by atoms with Crippen molar-refractivity contribution < 1.29 is 0 Å². The quantitative estimate of drug-likeness (QED) is 0.812. The molecule has 2 aromatic rings. The third kappa shape index (κ3) is 2.04. The number of hydrogen-bond acceptors (Lipinski definition) is 1. The lowest BCUT2D eigenvalue weighted by atomic mass is 10.0. The van der Waals surface area contributed by atoms with E-state index in [0.29, 0.717) is 5.92 Å². The van der Waals surface area contributed by atoms with Crippen molar-refractivity contribution in [2.75, 3.05) is 0 Å². The molecule has 2 heterocycles. The molecule has 0 aromatic carbocycles. The van der Waals surface area contributed by atoms with Crippen LogP contribution in [-0.4, -0.2) is 9.97 Å². The number of rotatable bonds is 3. The van der Waals surface area contributed by atoms with E-state index in [-0.39, 0.29) is 0 Å². The number of H-pyrrole nitrogens is 1. The van der Waals surface area contributed by atoms with Crippen LogP contribution in [0.25, 0.3) is 11.0 Å². The van der Waals surface area contributed by atoms with Gasteiger partial charge in [0.05, 0.1) is 0 Å². The molecule has 0 bridgehead atoms. The van der Waals surface area contributed by atoms with Gasteiger partial charge in [-0.25, -0.2) is 4.98 Å². The zero-order valence-corrected chi connectivity index (χ0v) is 9.67. The zero-order chi connectivity index (χ0) is 10.8. The molecule has 0 aliphatic rings. The van der Waals surface area contributed by atoms with Crippen LogP contribution in [0.1, 0.15) is 31.9 Å². The standard InChI is InChI=1S/C13H18N2/c1-4-11-8-15-13-12(11)6-10(7-14-13)5-9(2)3/h6-9H,4-5H2,1-3H3,(H,14,15). The van der Waals surface area contributed by atoms with Crippen molar-refractivity contribution >= 4 is 11.0 Å². The first-order chi connectivity index (χ1) is 7.20. The summed E-state index contributed by atoms with van der Waals surface area (Å²) in [6, 6.07) is 2.28. The molecule has 0 fully saturated rings. The molecule has 0 aliphatic heterocycles. The van der Waals surface area contributed by atoms with Gasteiger partial charge >= 0.3 is 0 Å². The summed E-state index contributed by atoms with van der Waals surface area (Å²) in [5.74, 6) is 0.688. The van der Waals surface area contributed by atoms with E-state index in [1.807, 2.05) is 6.20 Å². The maximum absolute atomic E-state index is 4.45. The Hall–Kier alpha value is -1.31. The number of hydrogen-bond donors (Lipinski definition) is 1. The van der Waals surface area contributed by atoms with Crippen LogP contribution in [0.2, 0.25) is 0 Å². The normalized spacial score (nSPS) is 11.5. The first-order valence-corrected chi connectivity index (χ1v) is 5.65. The summed E-state index contributed by atoms with van der Waals surface area (Å²) in [5.41, 5.74) is 3.72. The first kappa shape index (κ1) is 10.2. The highest BCUT2D eigenvalue weighted by Gasteiger charge is 2.05. The third-order valence-electron chi connectivity index (χ3n) is 2.70. The monoisotopic (exact) mass is 202 g/mol. The summed E-state index contributed by atoms with van der Waals surface area (Å²) in [6.07, 6.45) is 6.22. The van der Waals surface area contributed by atoms with Crippen LogP contribution in [-0.2, 0) is 12.8 Å². The molecule has 0 amide bonds. The van der Waals surface area contributed by atoms with Gasteiger partial charge in [-0.3, -0.25) is 0 Å². The molecule has 80 valence electrons. The van der Waals surface area contributed by atoms with Gasteiger partial charge in [-0.15, -0.1) is 0 Å². The van der Waals surface area contributed by atoms with Crippen LogP contribution in [0.4, 0.5) is 0 Å². The Morgan fingerprint density at radius 2 is 2.20 bits per heavy atom. The minimum absolute atomic E-state index is 0.688. The number of pyridine rings is 1. The summed E-state index contributed by atoms with van der Waals surface area (Å²) in [5, 5.41) is 1.29. The van der Waals surface area contributed by atoms with E-state index < -0.39 is 0 Å². The van der Waals surface area contributed by atoms with Crippen LogP contribution >= 0.6 is 0 Å². The van der Waals surface area contributed by atoms with Gasteiger partial charge in [0.2, 0.25) is 0 Å². The Morgan fingerprint density at radius 3 is 2.87 bits per heavy atom. The number of aryl methyl sites for hydroxylation is 1. The highest BCUT2D eigenvalue weighted by atomic mass is 14.8. The van der Waals surface area contributed by atoms with Gasteiger partial charge in [-0.1, -0.05) is 20.8 Å². The maximum Gasteiger partial charge on any atom is 0.137 e. The second-order valence-electron chi connectivity index (χ2n) is 4.51. The van der Waals surface area contributed by atoms with Crippen molar-refractivity contribution in [3.05, 3.63) is 29.6 Å². The predicted molar refractivity (Wildman–Crippen MR) is 64.0 cm³/mol. The molecule has 2 aromatic heterocycles. The number of fused-ring (bicyclic) bond motifs is 1. The molecular formula is C13H18N2. The minimum Gasteiger partial charge on any atom is -0.346 e. The van der Waals surface area contributed by atoms with Crippen molar-refractivity contribution in [1.82, 2.24) is 9.97 Å². The van der Waals surface area contributed by atoms with Crippen LogP contribution in [0.5, 0.6) is 0 Å². The molecular weight excluding hydrogens is 184 g/mol. The number of aromatic nitrogens is 2. The van der Waals surface area contributed by atoms with Gasteiger partial charge < -0.3 is 4.98 Å². The highest BCUT2D eigenvalue weighted by molar-refractivity contribution is 5.80. The largest absolute Gasteiger partial charge is 0.346 e. The lowest BCUT2D eigenvalue weighted by molar-refractivity contribution is 0.646. The third-order valence-corrected chi connectivity index (χ3v) is 2.70. The summed E-state index contributed by atoms with van der Waals surface area (Å²) >= 11 is 0. The lowest BCUT2D eigenvalue weighted by Crippen LogP contribution is -1.94. The van der Waals surface area contributed by atoms with E-state index >= 15 is 0 Å². The van der Waals surface area contributed by atoms with Gasteiger partial charge in [0.25, 0.3) is 0 Å². The van der Waals surface area contributed by atoms with Crippen LogP contribution < -0.4 is 0 Å². The Bertz CT molecular complexity index is 455. The van der Waals surface area contributed by atoms with E-state index in [1.54, 1.807) is 0 Å². The van der Waals surface area contributed by atoms with Gasteiger partial charge in [0, 0.05) is 17.8 Å². The molecule has 0 saturated carbocycles. The molecule has 2 heteroatoms. The molecule has 0 spiro atoms. The summed E-state index contributed by atoms with van der Waals surface area (Å²) in [4.78, 5) is 7.66. The summed E-state index contributed by atoms with van der Waals surface area (Å²) < 4.78 is 0. The average molecular weight is 202 g/mol. The van der Waals surface area contributed by atoms with Crippen LogP contribution in [0.3, 0.4) is 0 Å². The van der Waals surface area contributed by atoms with Crippen molar-refractivity contribution in [2.45, 2.75) is 33.6 Å². The zero-order valence-electron chi connectivity index (χ0n) is 9.67. The molecule has 0 radical (unpaired) electrons. The average Bonchev–Trinajstić information content (AvgIpc) is 2.59. The SMILES string of the molecule is CCc1c[nH]c2ncc(CC(C)C)cc12. The fraction of sp³-hybridized carbons (Fsp3) is 0.462. The van der Waals surface area contributed by atoms with Crippen LogP contribution in [0.15, 0.2) is 18.5 Å². The summed E-state index contributed by atoms with van der Waals surface area (Å²) in [7, 11) is 0. The molecule has 15 heavy (non-hydrogen) atoms. The van der Waals surface area contributed by atoms with Gasteiger partial charge in [-0.2, -0.15) is 0 Å². The predicted octanol–water partition coefficient (Wildman–Crippen LogP) is 3.32. The Morgan fingerprint density at radius 1 is 1.40 bits per heavy atom. The molecule has 0 aliphatic carbocycles. The van der Waals surface area contributed by atoms with Crippen molar-refractivity contribution in [3.8, 4) is 0 Å². The van der Waals surface area contributed by atoms with E-state index in [0.717, 1.165) is 18.5 Å². The first-order valence-electron chi connectivity index (χ1n) is 5.65. The molecule has 1 N–H and O–H groups in total. The molecule has 0 atom stereocenters. The molecule has 2 nitrogen and oxygen atoms in total.